The summed E-state index contributed by atoms with van der Waals surface area (Å²) >= 11 is 0. The van der Waals surface area contributed by atoms with Crippen molar-refractivity contribution in [3.05, 3.63) is 0 Å². The van der Waals surface area contributed by atoms with Gasteiger partial charge in [-0.15, -0.1) is 0 Å². The van der Waals surface area contributed by atoms with Gasteiger partial charge in [0.1, 0.15) is 13.2 Å². The Balaban J connectivity index is -0.000000174. The van der Waals surface area contributed by atoms with Crippen LogP contribution in [0.2, 0.25) is 0 Å². The van der Waals surface area contributed by atoms with Crippen LogP contribution in [0.4, 0.5) is 0 Å². The first-order chi connectivity index (χ1) is 7.81. The fourth-order valence-corrected chi connectivity index (χ4v) is 0.247. The van der Waals surface area contributed by atoms with E-state index in [4.69, 9.17) is 15.3 Å². The molecule has 104 valence electrons. The highest BCUT2D eigenvalue weighted by atomic mass is 16.5. The minimum atomic E-state index is -0.933. The van der Waals surface area contributed by atoms with Crippen LogP contribution in [0.15, 0.2) is 0 Å². The molecule has 0 amide bonds. The monoisotopic (exact) mass is 254 g/mol. The van der Waals surface area contributed by atoms with Crippen LogP contribution in [0.25, 0.3) is 0 Å². The Hall–Kier alpha value is -1.18. The number of carbonyl (C=O) groups is 2. The number of carboxylic acid groups (broad SMARTS) is 2. The minimum absolute atomic E-state index is 0.116. The molecule has 1 unspecified atom stereocenters. The molecule has 7 heteroatoms. The first-order valence-corrected chi connectivity index (χ1v) is 4.91. The lowest BCUT2D eigenvalue weighted by atomic mass is 10.3. The molecule has 0 aromatic rings. The number of aliphatic hydroxyl groups excluding tert-OH is 1. The second kappa shape index (κ2) is 17.2. The highest BCUT2D eigenvalue weighted by molar-refractivity contribution is 5.68. The van der Waals surface area contributed by atoms with Crippen LogP contribution in [0.3, 0.4) is 0 Å². The van der Waals surface area contributed by atoms with Crippen LogP contribution >= 0.6 is 0 Å². The van der Waals surface area contributed by atoms with E-state index < -0.39 is 11.9 Å². The summed E-state index contributed by atoms with van der Waals surface area (Å²) in [7, 11) is 2.68. The topological polar surface area (TPSA) is 113 Å². The molecule has 0 rings (SSSR count). The Kier molecular flexibility index (Phi) is 21.4. The Morgan fingerprint density at radius 3 is 1.29 bits per heavy atom. The van der Waals surface area contributed by atoms with E-state index in [0.29, 0.717) is 0 Å². The van der Waals surface area contributed by atoms with E-state index in [9.17, 15) is 9.59 Å². The van der Waals surface area contributed by atoms with Gasteiger partial charge >= 0.3 is 11.9 Å². The second-order valence-electron chi connectivity index (χ2n) is 2.91. The lowest BCUT2D eigenvalue weighted by molar-refractivity contribution is -0.142. The van der Waals surface area contributed by atoms with Gasteiger partial charge in [0.25, 0.3) is 0 Å². The molecule has 0 aromatic heterocycles. The maximum Gasteiger partial charge on any atom is 0.329 e. The number of aliphatic carboxylic acids is 2. The van der Waals surface area contributed by atoms with Gasteiger partial charge in [-0.05, 0) is 13.3 Å². The van der Waals surface area contributed by atoms with Crippen molar-refractivity contribution in [2.24, 2.45) is 0 Å². The Labute approximate surface area is 101 Å². The van der Waals surface area contributed by atoms with Crippen molar-refractivity contribution in [2.75, 3.05) is 27.4 Å². The number of methoxy groups -OCH3 is 2. The molecule has 0 aliphatic rings. The van der Waals surface area contributed by atoms with Gasteiger partial charge in [0, 0.05) is 14.2 Å². The van der Waals surface area contributed by atoms with E-state index in [-0.39, 0.29) is 19.3 Å². The first-order valence-electron chi connectivity index (χ1n) is 4.91. The van der Waals surface area contributed by atoms with Crippen LogP contribution in [0.5, 0.6) is 0 Å². The predicted octanol–water partition coefficient (Wildman–Crippen LogP) is 0.212. The molecule has 7 nitrogen and oxygen atoms in total. The van der Waals surface area contributed by atoms with Gasteiger partial charge in [-0.1, -0.05) is 6.92 Å². The third-order valence-corrected chi connectivity index (χ3v) is 1.13. The largest absolute Gasteiger partial charge is 0.480 e. The number of ether oxygens (including phenoxy) is 2. The van der Waals surface area contributed by atoms with Crippen LogP contribution in [-0.4, -0.2) is 60.8 Å². The number of rotatable bonds is 5. The summed E-state index contributed by atoms with van der Waals surface area (Å²) in [6, 6.07) is 0. The molecule has 0 heterocycles. The fraction of sp³-hybridized carbons (Fsp3) is 0.800. The molecule has 0 spiro atoms. The number of hydrogen-bond acceptors (Lipinski definition) is 5. The van der Waals surface area contributed by atoms with Crippen LogP contribution in [0, 0.1) is 0 Å². The van der Waals surface area contributed by atoms with Gasteiger partial charge in [-0.3, -0.25) is 0 Å². The van der Waals surface area contributed by atoms with Crippen LogP contribution < -0.4 is 0 Å². The van der Waals surface area contributed by atoms with E-state index in [0.717, 1.165) is 6.42 Å². The molecule has 0 radical (unpaired) electrons. The van der Waals surface area contributed by atoms with Gasteiger partial charge in [0.15, 0.2) is 0 Å². The average Bonchev–Trinajstić information content (AvgIpc) is 2.19. The van der Waals surface area contributed by atoms with E-state index in [1.54, 1.807) is 6.92 Å². The van der Waals surface area contributed by atoms with E-state index in [1.807, 2.05) is 6.92 Å². The van der Waals surface area contributed by atoms with Crippen molar-refractivity contribution in [3.63, 3.8) is 0 Å². The second-order valence-corrected chi connectivity index (χ2v) is 2.91. The zero-order chi connectivity index (χ0) is 14.3. The predicted molar refractivity (Wildman–Crippen MR) is 61.0 cm³/mol. The molecule has 17 heavy (non-hydrogen) atoms. The standard InChI is InChI=1S/C4H10O.2C3H6O3/c1-3-4(2)5;2*1-6-2-3(4)5/h4-5H,3H2,1-2H3;2*2H2,1H3,(H,4,5). The van der Waals surface area contributed by atoms with Crippen LogP contribution in [0.1, 0.15) is 20.3 Å². The molecule has 0 aliphatic carbocycles. The number of hydrogen-bond donors (Lipinski definition) is 3. The van der Waals surface area contributed by atoms with E-state index in [1.165, 1.54) is 14.2 Å². The molecule has 0 aromatic carbocycles. The summed E-state index contributed by atoms with van der Waals surface area (Å²) in [6.07, 6.45) is 0.745. The molecule has 0 saturated heterocycles. The van der Waals surface area contributed by atoms with E-state index in [2.05, 4.69) is 9.47 Å². The Morgan fingerprint density at radius 1 is 1.06 bits per heavy atom. The summed E-state index contributed by atoms with van der Waals surface area (Å²) < 4.78 is 8.41. The summed E-state index contributed by atoms with van der Waals surface area (Å²) in [5, 5.41) is 23.9. The lowest BCUT2D eigenvalue weighted by Crippen LogP contribution is -2.02. The molecule has 1 atom stereocenters. The lowest BCUT2D eigenvalue weighted by Gasteiger charge is -1.90. The molecular weight excluding hydrogens is 232 g/mol. The maximum absolute atomic E-state index is 9.47. The van der Waals surface area contributed by atoms with Gasteiger partial charge in [0.2, 0.25) is 0 Å². The van der Waals surface area contributed by atoms with E-state index >= 15 is 0 Å². The van der Waals surface area contributed by atoms with Crippen molar-refractivity contribution in [3.8, 4) is 0 Å². The molecule has 3 N–H and O–H groups in total. The van der Waals surface area contributed by atoms with Crippen molar-refractivity contribution in [2.45, 2.75) is 26.4 Å². The minimum Gasteiger partial charge on any atom is -0.480 e. The summed E-state index contributed by atoms with van der Waals surface area (Å²) in [5.74, 6) is -1.87. The van der Waals surface area contributed by atoms with Gasteiger partial charge in [0.05, 0.1) is 6.10 Å². The summed E-state index contributed by atoms with van der Waals surface area (Å²) in [4.78, 5) is 18.9. The van der Waals surface area contributed by atoms with Crippen molar-refractivity contribution < 1.29 is 34.4 Å². The quantitative estimate of drug-likeness (QED) is 0.642. The maximum atomic E-state index is 9.47. The molecule has 0 bridgehead atoms. The Bertz CT molecular complexity index is 163. The zero-order valence-corrected chi connectivity index (χ0v) is 10.7. The number of aliphatic hydroxyl groups is 1. The highest BCUT2D eigenvalue weighted by Crippen LogP contribution is 1.81. The number of carboxylic acids is 2. The smallest absolute Gasteiger partial charge is 0.329 e. The third kappa shape index (κ3) is 52.4. The molecule has 0 aliphatic heterocycles. The van der Waals surface area contributed by atoms with Gasteiger partial charge < -0.3 is 24.8 Å². The van der Waals surface area contributed by atoms with Crippen molar-refractivity contribution >= 4 is 11.9 Å². The fourth-order valence-electron chi connectivity index (χ4n) is 0.247. The zero-order valence-electron chi connectivity index (χ0n) is 10.7. The van der Waals surface area contributed by atoms with Crippen LogP contribution in [-0.2, 0) is 19.1 Å². The molecule has 0 fully saturated rings. The SMILES string of the molecule is CCC(C)O.COCC(=O)O.COCC(=O)O. The third-order valence-electron chi connectivity index (χ3n) is 1.13. The molecule has 0 saturated carbocycles. The normalized spacial score (nSPS) is 10.2. The van der Waals surface area contributed by atoms with Crippen molar-refractivity contribution in [1.82, 2.24) is 0 Å². The average molecular weight is 254 g/mol. The van der Waals surface area contributed by atoms with Crippen molar-refractivity contribution in [1.29, 1.82) is 0 Å². The molecular formula is C10H22O7. The highest BCUT2D eigenvalue weighted by Gasteiger charge is 1.88. The van der Waals surface area contributed by atoms with Gasteiger partial charge in [-0.25, -0.2) is 9.59 Å². The first kappa shape index (κ1) is 21.1. The summed E-state index contributed by atoms with van der Waals surface area (Å²) in [5.41, 5.74) is 0. The van der Waals surface area contributed by atoms with Gasteiger partial charge in [-0.2, -0.15) is 0 Å². The summed E-state index contributed by atoms with van der Waals surface area (Å²) in [6.45, 7) is 3.31. The Morgan fingerprint density at radius 2 is 1.29 bits per heavy atom.